The zero-order chi connectivity index (χ0) is 22.7. The van der Waals surface area contributed by atoms with Crippen molar-refractivity contribution in [2.75, 3.05) is 16.0 Å². The lowest BCUT2D eigenvalue weighted by atomic mass is 10.1. The second-order valence-corrected chi connectivity index (χ2v) is 9.69. The van der Waals surface area contributed by atoms with E-state index in [0.29, 0.717) is 29.2 Å². The van der Waals surface area contributed by atoms with Gasteiger partial charge in [-0.05, 0) is 61.0 Å². The number of thiol groups is 1. The number of benzene rings is 3. The van der Waals surface area contributed by atoms with Crippen LogP contribution in [0.3, 0.4) is 0 Å². The molecule has 0 aromatic heterocycles. The van der Waals surface area contributed by atoms with Crippen LogP contribution in [0.25, 0.3) is 0 Å². The highest BCUT2D eigenvalue weighted by molar-refractivity contribution is 8.00. The van der Waals surface area contributed by atoms with Crippen LogP contribution in [0.15, 0.2) is 76.5 Å². The second-order valence-electron chi connectivity index (χ2n) is 7.28. The van der Waals surface area contributed by atoms with Crippen LogP contribution >= 0.6 is 11.8 Å². The van der Waals surface area contributed by atoms with Crippen molar-refractivity contribution in [3.05, 3.63) is 77.9 Å². The van der Waals surface area contributed by atoms with Crippen LogP contribution in [0.1, 0.15) is 22.8 Å². The van der Waals surface area contributed by atoms with Gasteiger partial charge in [0.1, 0.15) is 0 Å². The van der Waals surface area contributed by atoms with E-state index in [2.05, 4.69) is 16.0 Å². The monoisotopic (exact) mass is 467 g/mol. The first-order chi connectivity index (χ1) is 15.4. The molecule has 1 atom stereocenters. The number of carbonyl (C=O) groups is 2. The highest BCUT2D eigenvalue weighted by atomic mass is 32.2. The summed E-state index contributed by atoms with van der Waals surface area (Å²) in [6.45, 7) is 2.30. The largest absolute Gasteiger partial charge is 0.381 e. The second kappa shape index (κ2) is 9.46. The molecular formula is C23H21N3O4S2. The van der Waals surface area contributed by atoms with Crippen molar-refractivity contribution in [2.24, 2.45) is 0 Å². The van der Waals surface area contributed by atoms with E-state index in [4.69, 9.17) is 0 Å². The Morgan fingerprint density at radius 3 is 2.62 bits per heavy atom. The van der Waals surface area contributed by atoms with E-state index in [0.717, 1.165) is 10.5 Å². The van der Waals surface area contributed by atoms with Gasteiger partial charge in [0.2, 0.25) is 5.91 Å². The Morgan fingerprint density at radius 2 is 1.81 bits per heavy atom. The van der Waals surface area contributed by atoms with Gasteiger partial charge in [0, 0.05) is 28.4 Å². The molecule has 0 spiro atoms. The zero-order valence-electron chi connectivity index (χ0n) is 17.1. The molecular weight excluding hydrogens is 446 g/mol. The molecule has 3 aromatic rings. The standard InChI is InChI=1S/C23H21N3O4S2/c1-14-22(27)26-20-11-16(8-9-21(20)31-14)23(28)25-18-6-2-4-15(10-18)13-24-17-5-3-7-19(12-17)32(29)30/h2-12,14,24,32H,13H2,1H3,(H,25,28)(H,26,27). The predicted molar refractivity (Wildman–Crippen MR) is 127 cm³/mol. The summed E-state index contributed by atoms with van der Waals surface area (Å²) in [7, 11) is -2.63. The van der Waals surface area contributed by atoms with Gasteiger partial charge in [0.25, 0.3) is 5.91 Å². The number of thioether (sulfide) groups is 1. The first kappa shape index (κ1) is 21.9. The molecule has 0 aliphatic carbocycles. The van der Waals surface area contributed by atoms with Gasteiger partial charge in [0.05, 0.1) is 15.8 Å². The first-order valence-electron chi connectivity index (χ1n) is 9.89. The fourth-order valence-electron chi connectivity index (χ4n) is 3.25. The molecule has 1 aliphatic heterocycles. The maximum absolute atomic E-state index is 12.7. The first-order valence-corrected chi connectivity index (χ1v) is 11.9. The van der Waals surface area contributed by atoms with Crippen LogP contribution in [0.2, 0.25) is 0 Å². The number of rotatable bonds is 6. The van der Waals surface area contributed by atoms with Crippen molar-refractivity contribution in [3.8, 4) is 0 Å². The van der Waals surface area contributed by atoms with Crippen LogP contribution in [0.5, 0.6) is 0 Å². The minimum absolute atomic E-state index is 0.0760. The third-order valence-corrected chi connectivity index (χ3v) is 6.79. The van der Waals surface area contributed by atoms with Crippen LogP contribution in [-0.2, 0) is 22.0 Å². The molecule has 3 N–H and O–H groups in total. The summed E-state index contributed by atoms with van der Waals surface area (Å²) >= 11 is 1.47. The Labute approximate surface area is 191 Å². The minimum Gasteiger partial charge on any atom is -0.381 e. The number of hydrogen-bond acceptors (Lipinski definition) is 6. The van der Waals surface area contributed by atoms with Crippen LogP contribution in [0.4, 0.5) is 17.1 Å². The Balaban J connectivity index is 1.43. The Bertz CT molecular complexity index is 1270. The van der Waals surface area contributed by atoms with Gasteiger partial charge in [-0.25, -0.2) is 8.42 Å². The molecule has 164 valence electrons. The summed E-state index contributed by atoms with van der Waals surface area (Å²) in [5.41, 5.74) is 3.34. The number of carbonyl (C=O) groups excluding carboxylic acids is 2. The van der Waals surface area contributed by atoms with E-state index in [1.807, 2.05) is 31.2 Å². The van der Waals surface area contributed by atoms with E-state index in [9.17, 15) is 18.0 Å². The zero-order valence-corrected chi connectivity index (χ0v) is 18.8. The summed E-state index contributed by atoms with van der Waals surface area (Å²) in [6.07, 6.45) is 0. The number of hydrogen-bond donors (Lipinski definition) is 4. The molecule has 1 aliphatic rings. The summed E-state index contributed by atoms with van der Waals surface area (Å²) < 4.78 is 22.3. The quantitative estimate of drug-likeness (QED) is 0.409. The summed E-state index contributed by atoms with van der Waals surface area (Å²) in [6, 6.07) is 19.2. The van der Waals surface area contributed by atoms with Gasteiger partial charge in [-0.15, -0.1) is 11.8 Å². The Morgan fingerprint density at radius 1 is 1.03 bits per heavy atom. The molecule has 0 radical (unpaired) electrons. The topological polar surface area (TPSA) is 104 Å². The predicted octanol–water partition coefficient (Wildman–Crippen LogP) is 3.95. The Hall–Kier alpha value is -3.30. The average molecular weight is 468 g/mol. The minimum atomic E-state index is -2.63. The van der Waals surface area contributed by atoms with Crippen LogP contribution in [-0.4, -0.2) is 25.5 Å². The fraction of sp³-hybridized carbons (Fsp3) is 0.130. The molecule has 4 rings (SSSR count). The maximum atomic E-state index is 12.7. The van der Waals surface area contributed by atoms with Crippen molar-refractivity contribution in [1.82, 2.24) is 0 Å². The van der Waals surface area contributed by atoms with E-state index in [-0.39, 0.29) is 22.0 Å². The van der Waals surface area contributed by atoms with Crippen LogP contribution < -0.4 is 16.0 Å². The molecule has 2 amide bonds. The van der Waals surface area contributed by atoms with Gasteiger partial charge in [-0.3, -0.25) is 9.59 Å². The summed E-state index contributed by atoms with van der Waals surface area (Å²) in [4.78, 5) is 25.8. The molecule has 0 saturated heterocycles. The third-order valence-electron chi connectivity index (χ3n) is 4.91. The number of fused-ring (bicyclic) bond motifs is 1. The fourth-order valence-corrected chi connectivity index (χ4v) is 4.63. The van der Waals surface area contributed by atoms with Gasteiger partial charge in [0.15, 0.2) is 10.7 Å². The van der Waals surface area contributed by atoms with Crippen molar-refractivity contribution >= 4 is 51.3 Å². The van der Waals surface area contributed by atoms with E-state index >= 15 is 0 Å². The van der Waals surface area contributed by atoms with E-state index in [1.54, 1.807) is 42.5 Å². The maximum Gasteiger partial charge on any atom is 0.255 e. The lowest BCUT2D eigenvalue weighted by molar-refractivity contribution is -0.115. The van der Waals surface area contributed by atoms with E-state index < -0.39 is 10.7 Å². The molecule has 32 heavy (non-hydrogen) atoms. The third kappa shape index (κ3) is 5.12. The lowest BCUT2D eigenvalue weighted by Gasteiger charge is -2.21. The average Bonchev–Trinajstić information content (AvgIpc) is 2.78. The van der Waals surface area contributed by atoms with Crippen molar-refractivity contribution < 1.29 is 18.0 Å². The molecule has 0 bridgehead atoms. The van der Waals surface area contributed by atoms with Crippen molar-refractivity contribution in [3.63, 3.8) is 0 Å². The number of nitrogens with one attached hydrogen (secondary N) is 3. The highest BCUT2D eigenvalue weighted by Gasteiger charge is 2.23. The molecule has 1 heterocycles. The van der Waals surface area contributed by atoms with Gasteiger partial charge in [-0.2, -0.15) is 0 Å². The summed E-state index contributed by atoms with van der Waals surface area (Å²) in [5, 5.41) is 8.74. The molecule has 3 aromatic carbocycles. The van der Waals surface area contributed by atoms with Gasteiger partial charge < -0.3 is 16.0 Å². The van der Waals surface area contributed by atoms with Crippen molar-refractivity contribution in [1.29, 1.82) is 0 Å². The Kier molecular flexibility index (Phi) is 6.48. The highest BCUT2D eigenvalue weighted by Crippen LogP contribution is 2.36. The molecule has 0 fully saturated rings. The number of amides is 2. The van der Waals surface area contributed by atoms with Gasteiger partial charge >= 0.3 is 0 Å². The number of anilines is 3. The molecule has 0 saturated carbocycles. The SMILES string of the molecule is CC1Sc2ccc(C(=O)Nc3cccc(CNc4cccc([SH](=O)=O)c4)c3)cc2NC1=O. The summed E-state index contributed by atoms with van der Waals surface area (Å²) in [5.74, 6) is -0.351. The van der Waals surface area contributed by atoms with Gasteiger partial charge in [-0.1, -0.05) is 18.2 Å². The molecule has 7 nitrogen and oxygen atoms in total. The lowest BCUT2D eigenvalue weighted by Crippen LogP contribution is -2.26. The normalized spacial score (nSPS) is 15.1. The van der Waals surface area contributed by atoms with Crippen LogP contribution in [0, 0.1) is 0 Å². The molecule has 9 heteroatoms. The van der Waals surface area contributed by atoms with E-state index in [1.165, 1.54) is 11.8 Å². The van der Waals surface area contributed by atoms with Crippen molar-refractivity contribution in [2.45, 2.75) is 28.5 Å². The smallest absolute Gasteiger partial charge is 0.255 e. The molecule has 1 unspecified atom stereocenters.